The number of ether oxygens (including phenoxy) is 2. The molecule has 0 aliphatic rings. The lowest BCUT2D eigenvalue weighted by atomic mass is 10.0. The van der Waals surface area contributed by atoms with Crippen molar-refractivity contribution in [2.24, 2.45) is 0 Å². The monoisotopic (exact) mass is 702 g/mol. The molecule has 45 heavy (non-hydrogen) atoms. The molecule has 0 saturated carbocycles. The number of alkyl halides is 14. The Kier molecular flexibility index (Phi) is 21.9. The Labute approximate surface area is 244 Å². The summed E-state index contributed by atoms with van der Waals surface area (Å²) in [7, 11) is 1.66. The molecule has 0 saturated heterocycles. The minimum Gasteiger partial charge on any atom is -0.369 e. The van der Waals surface area contributed by atoms with Crippen LogP contribution in [0.1, 0.15) is 29.8 Å². The van der Waals surface area contributed by atoms with E-state index in [2.05, 4.69) is 19.4 Å². The highest BCUT2D eigenvalue weighted by molar-refractivity contribution is 5.99. The van der Waals surface area contributed by atoms with Crippen LogP contribution >= 0.6 is 0 Å². The van der Waals surface area contributed by atoms with Gasteiger partial charge in [-0.25, -0.2) is 8.78 Å². The van der Waals surface area contributed by atoms with Crippen LogP contribution in [0.15, 0.2) is 24.3 Å². The number of methoxy groups -OCH3 is 2. The first-order valence-corrected chi connectivity index (χ1v) is 11.5. The lowest BCUT2D eigenvalue weighted by Crippen LogP contribution is -2.34. The van der Waals surface area contributed by atoms with Gasteiger partial charge in [-0.1, -0.05) is 31.2 Å². The standard InChI is InChI=1S/C11H10F4O.2C4H6F4O2.C4H4F4O/c1-2-7-3-5-8(6-4-7)9(16)10(12)11(13,14)15;2*1-9-3(2-10-8)4(5,6)7;1-2(9)3(5)4(6,7)8/h3-6,10H,2H2,1H3;2*3H,2H2,1H3;3H,1H3. The topological polar surface area (TPSA) is 71.1 Å². The lowest BCUT2D eigenvalue weighted by Gasteiger charge is -2.15. The van der Waals surface area contributed by atoms with Gasteiger partial charge in [-0.3, -0.25) is 9.59 Å². The third-order valence-electron chi connectivity index (χ3n) is 4.54. The van der Waals surface area contributed by atoms with E-state index in [1.165, 1.54) is 24.3 Å². The maximum atomic E-state index is 12.7. The van der Waals surface area contributed by atoms with E-state index < -0.39 is 74.0 Å². The molecule has 0 heterocycles. The molecule has 0 radical (unpaired) electrons. The Morgan fingerprint density at radius 2 is 0.978 bits per heavy atom. The number of hydrogen-bond acceptors (Lipinski definition) is 6. The molecule has 1 rings (SSSR count). The molecule has 22 heteroatoms. The normalized spacial score (nSPS) is 14.7. The van der Waals surface area contributed by atoms with Gasteiger partial charge in [-0.15, -0.1) is 0 Å². The van der Waals surface area contributed by atoms with E-state index in [9.17, 15) is 80.1 Å². The smallest absolute Gasteiger partial charge is 0.369 e. The summed E-state index contributed by atoms with van der Waals surface area (Å²) in [5.74, 6) is -3.06. The minimum atomic E-state index is -5.14. The van der Waals surface area contributed by atoms with E-state index >= 15 is 0 Å². The number of ketones is 2. The Hall–Kier alpha value is -2.72. The highest BCUT2D eigenvalue weighted by atomic mass is 19.4. The van der Waals surface area contributed by atoms with Gasteiger partial charge < -0.3 is 9.47 Å². The van der Waals surface area contributed by atoms with Crippen LogP contribution in [0.5, 0.6) is 0 Å². The summed E-state index contributed by atoms with van der Waals surface area (Å²) in [6, 6.07) is 5.44. The molecule has 0 N–H and O–H groups in total. The summed E-state index contributed by atoms with van der Waals surface area (Å²) in [5.41, 5.74) is 0.612. The van der Waals surface area contributed by atoms with Crippen molar-refractivity contribution in [2.75, 3.05) is 27.4 Å². The molecule has 0 amide bonds. The van der Waals surface area contributed by atoms with Crippen LogP contribution in [0.3, 0.4) is 0 Å². The van der Waals surface area contributed by atoms with Crippen molar-refractivity contribution in [2.45, 2.75) is 69.5 Å². The van der Waals surface area contributed by atoms with Gasteiger partial charge in [-0.2, -0.15) is 62.6 Å². The van der Waals surface area contributed by atoms with E-state index in [1.807, 2.05) is 6.92 Å². The molecule has 0 fully saturated rings. The molecule has 0 aliphatic heterocycles. The number of rotatable bonds is 10. The van der Waals surface area contributed by atoms with Crippen molar-refractivity contribution in [1.82, 2.24) is 0 Å². The first kappa shape index (κ1) is 46.7. The van der Waals surface area contributed by atoms with E-state index in [0.717, 1.165) is 19.8 Å². The summed E-state index contributed by atoms with van der Waals surface area (Å²) in [6.45, 7) is 0.169. The zero-order valence-corrected chi connectivity index (χ0v) is 23.2. The summed E-state index contributed by atoms with van der Waals surface area (Å²) in [5, 5.41) is 0. The number of aryl methyl sites for hydroxylation is 1. The van der Waals surface area contributed by atoms with E-state index in [1.54, 1.807) is 0 Å². The number of carbonyl (C=O) groups is 2. The Morgan fingerprint density at radius 3 is 1.13 bits per heavy atom. The van der Waals surface area contributed by atoms with Gasteiger partial charge in [0.15, 0.2) is 18.0 Å². The van der Waals surface area contributed by atoms with Crippen molar-refractivity contribution in [1.29, 1.82) is 0 Å². The molecular formula is C23H26F16O6. The summed E-state index contributed by atoms with van der Waals surface area (Å²) in [6.07, 6.45) is -29.7. The highest BCUT2D eigenvalue weighted by Crippen LogP contribution is 2.26. The first-order valence-electron chi connectivity index (χ1n) is 11.5. The molecule has 0 aliphatic carbocycles. The van der Waals surface area contributed by atoms with Crippen molar-refractivity contribution < 1.29 is 99.5 Å². The first-order chi connectivity index (χ1) is 20.3. The van der Waals surface area contributed by atoms with Crippen LogP contribution in [0.25, 0.3) is 0 Å². The van der Waals surface area contributed by atoms with Crippen LogP contribution in [-0.2, 0) is 30.6 Å². The third-order valence-corrected chi connectivity index (χ3v) is 4.54. The van der Waals surface area contributed by atoms with E-state index in [4.69, 9.17) is 0 Å². The average Bonchev–Trinajstić information content (AvgIpc) is 2.92. The molecule has 0 aromatic heterocycles. The molecule has 1 aromatic carbocycles. The third kappa shape index (κ3) is 20.8. The number of benzene rings is 1. The molecular weight excluding hydrogens is 676 g/mol. The summed E-state index contributed by atoms with van der Waals surface area (Å²) < 4.78 is 192. The number of hydrogen-bond donors (Lipinski definition) is 0. The largest absolute Gasteiger partial charge is 0.427 e. The molecule has 4 atom stereocenters. The van der Waals surface area contributed by atoms with Gasteiger partial charge >= 0.3 is 24.7 Å². The zero-order valence-electron chi connectivity index (χ0n) is 23.2. The predicted molar refractivity (Wildman–Crippen MR) is 121 cm³/mol. The van der Waals surface area contributed by atoms with Gasteiger partial charge in [0.1, 0.15) is 13.2 Å². The fourth-order valence-corrected chi connectivity index (χ4v) is 2.14. The second kappa shape index (κ2) is 21.1. The fraction of sp³-hybridized carbons (Fsp3) is 0.652. The molecule has 0 bridgehead atoms. The van der Waals surface area contributed by atoms with Crippen molar-refractivity contribution in [3.05, 3.63) is 35.4 Å². The lowest BCUT2D eigenvalue weighted by molar-refractivity contribution is -0.256. The van der Waals surface area contributed by atoms with Crippen LogP contribution in [-0.4, -0.2) is 88.3 Å². The van der Waals surface area contributed by atoms with E-state index in [-0.39, 0.29) is 5.56 Å². The molecule has 0 spiro atoms. The van der Waals surface area contributed by atoms with Gasteiger partial charge in [0.2, 0.25) is 5.78 Å². The van der Waals surface area contributed by atoms with Crippen molar-refractivity contribution in [3.63, 3.8) is 0 Å². The number of Topliss-reactive ketones (excluding diaryl/α,β-unsaturated/α-hetero) is 2. The predicted octanol–water partition coefficient (Wildman–Crippen LogP) is 7.74. The van der Waals surface area contributed by atoms with Crippen molar-refractivity contribution in [3.8, 4) is 0 Å². The SMILES string of the molecule is CC(=O)C(F)C(F)(F)F.CCc1ccc(C(=O)C(F)C(F)(F)F)cc1.COC(COF)C(F)(F)F.COC(COF)C(F)(F)F. The van der Waals surface area contributed by atoms with E-state index in [0.29, 0.717) is 13.3 Å². The fourth-order valence-electron chi connectivity index (χ4n) is 2.14. The molecule has 6 nitrogen and oxygen atoms in total. The second-order valence-corrected chi connectivity index (χ2v) is 7.92. The van der Waals surface area contributed by atoms with Crippen LogP contribution in [0, 0.1) is 0 Å². The van der Waals surface area contributed by atoms with Gasteiger partial charge in [-0.05, 0) is 28.0 Å². The maximum absolute atomic E-state index is 12.7. The van der Waals surface area contributed by atoms with Crippen LogP contribution < -0.4 is 0 Å². The Bertz CT molecular complexity index is 921. The van der Waals surface area contributed by atoms with Gasteiger partial charge in [0.25, 0.3) is 12.3 Å². The van der Waals surface area contributed by atoms with Crippen LogP contribution in [0.2, 0.25) is 0 Å². The van der Waals surface area contributed by atoms with Crippen molar-refractivity contribution >= 4 is 11.6 Å². The molecule has 1 aromatic rings. The van der Waals surface area contributed by atoms with Crippen LogP contribution in [0.4, 0.5) is 70.5 Å². The zero-order chi connectivity index (χ0) is 36.4. The molecule has 266 valence electrons. The molecule has 4 unspecified atom stereocenters. The average molecular weight is 702 g/mol. The maximum Gasteiger partial charge on any atom is 0.427 e. The second-order valence-electron chi connectivity index (χ2n) is 7.92. The number of carbonyl (C=O) groups excluding carboxylic acids is 2. The Morgan fingerprint density at radius 1 is 0.644 bits per heavy atom. The Balaban J connectivity index is -0.000000541. The van der Waals surface area contributed by atoms with Gasteiger partial charge in [0, 0.05) is 19.8 Å². The summed E-state index contributed by atoms with van der Waals surface area (Å²) >= 11 is 0. The summed E-state index contributed by atoms with van der Waals surface area (Å²) in [4.78, 5) is 26.3. The minimum absolute atomic E-state index is 0.262. The quantitative estimate of drug-likeness (QED) is 0.184. The number of halogens is 16. The van der Waals surface area contributed by atoms with Gasteiger partial charge in [0.05, 0.1) is 0 Å². The highest BCUT2D eigenvalue weighted by Gasteiger charge is 2.46.